The maximum absolute atomic E-state index is 11.9. The van der Waals surface area contributed by atoms with Crippen molar-refractivity contribution >= 4 is 29.4 Å². The number of halogens is 2. The molecular formula is C17H28Cl2O3. The van der Waals surface area contributed by atoms with Gasteiger partial charge in [0.15, 0.2) is 0 Å². The fourth-order valence-electron chi connectivity index (χ4n) is 3.63. The molecule has 0 aliphatic heterocycles. The highest BCUT2D eigenvalue weighted by Crippen LogP contribution is 2.32. The highest BCUT2D eigenvalue weighted by atomic mass is 35.5. The molecule has 0 bridgehead atoms. The predicted octanol–water partition coefficient (Wildman–Crippen LogP) is 5.51. The molecule has 0 spiro atoms. The van der Waals surface area contributed by atoms with E-state index in [4.69, 9.17) is 32.7 Å². The largest absolute Gasteiger partial charge is 0.508 e. The van der Waals surface area contributed by atoms with Crippen LogP contribution >= 0.6 is 23.2 Å². The highest BCUT2D eigenvalue weighted by Gasteiger charge is 2.29. The summed E-state index contributed by atoms with van der Waals surface area (Å²) in [6, 6.07) is 0. The fourth-order valence-corrected chi connectivity index (χ4v) is 4.14. The van der Waals surface area contributed by atoms with E-state index in [1.165, 1.54) is 0 Å². The molecule has 0 radical (unpaired) electrons. The Balaban J connectivity index is 1.65. The third-order valence-electron chi connectivity index (χ3n) is 5.26. The number of carbonyl (C=O) groups excluding carboxylic acids is 1. The van der Waals surface area contributed by atoms with Crippen molar-refractivity contribution in [3.63, 3.8) is 0 Å². The SMILES string of the molecule is CC(Cl)C1CCC(OC(=O)OC2CCC(C(C)Cl)CC2)CC1. The van der Waals surface area contributed by atoms with Gasteiger partial charge in [-0.2, -0.15) is 0 Å². The number of hydrogen-bond donors (Lipinski definition) is 0. The van der Waals surface area contributed by atoms with E-state index in [-0.39, 0.29) is 23.0 Å². The monoisotopic (exact) mass is 350 g/mol. The second-order valence-corrected chi connectivity index (χ2v) is 8.29. The van der Waals surface area contributed by atoms with Crippen LogP contribution in [0.5, 0.6) is 0 Å². The Hall–Kier alpha value is -0.150. The van der Waals surface area contributed by atoms with Gasteiger partial charge in [0.25, 0.3) is 0 Å². The molecule has 3 nitrogen and oxygen atoms in total. The summed E-state index contributed by atoms with van der Waals surface area (Å²) in [5, 5.41) is 0.403. The molecule has 2 fully saturated rings. The van der Waals surface area contributed by atoms with E-state index in [1.807, 2.05) is 13.8 Å². The second-order valence-electron chi connectivity index (χ2n) is 6.91. The van der Waals surface area contributed by atoms with Crippen LogP contribution in [-0.2, 0) is 9.47 Å². The normalized spacial score (nSPS) is 35.5. The molecular weight excluding hydrogens is 323 g/mol. The van der Waals surface area contributed by atoms with Gasteiger partial charge >= 0.3 is 6.16 Å². The van der Waals surface area contributed by atoms with Crippen LogP contribution in [0.25, 0.3) is 0 Å². The summed E-state index contributed by atoms with van der Waals surface area (Å²) in [4.78, 5) is 11.9. The summed E-state index contributed by atoms with van der Waals surface area (Å²) >= 11 is 12.3. The number of alkyl halides is 2. The molecule has 2 aliphatic carbocycles. The van der Waals surface area contributed by atoms with E-state index in [9.17, 15) is 4.79 Å². The molecule has 2 rings (SSSR count). The first-order chi connectivity index (χ1) is 10.5. The van der Waals surface area contributed by atoms with Crippen LogP contribution in [0.2, 0.25) is 0 Å². The zero-order valence-electron chi connectivity index (χ0n) is 13.6. The van der Waals surface area contributed by atoms with Gasteiger partial charge in [-0.1, -0.05) is 0 Å². The maximum atomic E-state index is 11.9. The van der Waals surface area contributed by atoms with Crippen LogP contribution in [0, 0.1) is 11.8 Å². The minimum atomic E-state index is -0.496. The third kappa shape index (κ3) is 5.49. The fraction of sp³-hybridized carbons (Fsp3) is 0.941. The minimum Gasteiger partial charge on any atom is -0.431 e. The van der Waals surface area contributed by atoms with E-state index < -0.39 is 6.16 Å². The van der Waals surface area contributed by atoms with Crippen LogP contribution in [-0.4, -0.2) is 29.1 Å². The Morgan fingerprint density at radius 3 is 1.36 bits per heavy atom. The Kier molecular flexibility index (Phi) is 7.14. The summed E-state index contributed by atoms with van der Waals surface area (Å²) in [7, 11) is 0. The van der Waals surface area contributed by atoms with Gasteiger partial charge < -0.3 is 9.47 Å². The Morgan fingerprint density at radius 2 is 1.09 bits per heavy atom. The van der Waals surface area contributed by atoms with Crippen molar-refractivity contribution in [1.82, 2.24) is 0 Å². The minimum absolute atomic E-state index is 0.00151. The molecule has 0 heterocycles. The lowest BCUT2D eigenvalue weighted by Gasteiger charge is -2.31. The topological polar surface area (TPSA) is 35.5 Å². The van der Waals surface area contributed by atoms with Gasteiger partial charge in [0.2, 0.25) is 0 Å². The van der Waals surface area contributed by atoms with E-state index >= 15 is 0 Å². The van der Waals surface area contributed by atoms with E-state index in [0.29, 0.717) is 11.8 Å². The Labute approximate surface area is 144 Å². The zero-order chi connectivity index (χ0) is 16.1. The average molecular weight is 351 g/mol. The highest BCUT2D eigenvalue weighted by molar-refractivity contribution is 6.20. The first-order valence-corrected chi connectivity index (χ1v) is 9.48. The molecule has 0 aromatic rings. The van der Waals surface area contributed by atoms with Gasteiger partial charge in [0.1, 0.15) is 12.2 Å². The summed E-state index contributed by atoms with van der Waals surface area (Å²) in [6.45, 7) is 4.08. The number of hydrogen-bond acceptors (Lipinski definition) is 3. The molecule has 2 aliphatic rings. The van der Waals surface area contributed by atoms with Crippen LogP contribution in [0.1, 0.15) is 65.2 Å². The van der Waals surface area contributed by atoms with Gasteiger partial charge in [-0.25, -0.2) is 4.79 Å². The summed E-state index contributed by atoms with van der Waals surface area (Å²) in [5.41, 5.74) is 0. The molecule has 0 aromatic heterocycles. The van der Waals surface area contributed by atoms with Crippen molar-refractivity contribution in [2.45, 2.75) is 88.2 Å². The van der Waals surface area contributed by atoms with E-state index in [1.54, 1.807) is 0 Å². The first kappa shape index (κ1) is 18.2. The smallest absolute Gasteiger partial charge is 0.431 e. The van der Waals surface area contributed by atoms with Crippen LogP contribution < -0.4 is 0 Å². The Bertz CT molecular complexity index is 312. The summed E-state index contributed by atoms with van der Waals surface area (Å²) < 4.78 is 10.9. The van der Waals surface area contributed by atoms with Gasteiger partial charge in [0, 0.05) is 10.8 Å². The van der Waals surface area contributed by atoms with Crippen molar-refractivity contribution < 1.29 is 14.3 Å². The van der Waals surface area contributed by atoms with Crippen LogP contribution in [0.3, 0.4) is 0 Å². The second kappa shape index (κ2) is 8.63. The lowest BCUT2D eigenvalue weighted by Crippen LogP contribution is -2.31. The zero-order valence-corrected chi connectivity index (χ0v) is 15.1. The van der Waals surface area contributed by atoms with Crippen LogP contribution in [0.4, 0.5) is 4.79 Å². The Morgan fingerprint density at radius 1 is 0.773 bits per heavy atom. The lowest BCUT2D eigenvalue weighted by molar-refractivity contribution is -0.0257. The lowest BCUT2D eigenvalue weighted by atomic mass is 9.85. The molecule has 0 aromatic carbocycles. The number of carbonyl (C=O) groups is 1. The predicted molar refractivity (Wildman–Crippen MR) is 89.7 cm³/mol. The maximum Gasteiger partial charge on any atom is 0.508 e. The van der Waals surface area contributed by atoms with Crippen molar-refractivity contribution in [3.8, 4) is 0 Å². The molecule has 2 saturated carbocycles. The quantitative estimate of drug-likeness (QED) is 0.495. The van der Waals surface area contributed by atoms with Gasteiger partial charge in [-0.3, -0.25) is 0 Å². The van der Waals surface area contributed by atoms with Gasteiger partial charge in [-0.05, 0) is 77.0 Å². The third-order valence-corrected chi connectivity index (χ3v) is 5.98. The van der Waals surface area contributed by atoms with Crippen molar-refractivity contribution in [2.24, 2.45) is 11.8 Å². The van der Waals surface area contributed by atoms with Gasteiger partial charge in [-0.15, -0.1) is 23.2 Å². The standard InChI is InChI=1S/C17H28Cl2O3/c1-11(18)13-3-7-15(8-4-13)21-17(20)22-16-9-5-14(6-10-16)12(2)19/h11-16H,3-10H2,1-2H3. The van der Waals surface area contributed by atoms with Crippen molar-refractivity contribution in [2.75, 3.05) is 0 Å². The summed E-state index contributed by atoms with van der Waals surface area (Å²) in [6.07, 6.45) is 7.20. The first-order valence-electron chi connectivity index (χ1n) is 8.61. The molecule has 2 unspecified atom stereocenters. The molecule has 0 saturated heterocycles. The summed E-state index contributed by atoms with van der Waals surface area (Å²) in [5.74, 6) is 1.09. The van der Waals surface area contributed by atoms with E-state index in [2.05, 4.69) is 0 Å². The van der Waals surface area contributed by atoms with Crippen molar-refractivity contribution in [1.29, 1.82) is 0 Å². The number of rotatable bonds is 4. The molecule has 128 valence electrons. The van der Waals surface area contributed by atoms with Crippen LogP contribution in [0.15, 0.2) is 0 Å². The molecule has 0 N–H and O–H groups in total. The number of ether oxygens (including phenoxy) is 2. The average Bonchev–Trinajstić information content (AvgIpc) is 2.48. The molecule has 22 heavy (non-hydrogen) atoms. The van der Waals surface area contributed by atoms with E-state index in [0.717, 1.165) is 51.4 Å². The van der Waals surface area contributed by atoms with Gasteiger partial charge in [0.05, 0.1) is 0 Å². The van der Waals surface area contributed by atoms with Crippen molar-refractivity contribution in [3.05, 3.63) is 0 Å². The molecule has 5 heteroatoms. The molecule has 2 atom stereocenters. The molecule has 0 amide bonds.